The summed E-state index contributed by atoms with van der Waals surface area (Å²) in [4.78, 5) is 22.8. The molecule has 0 aliphatic rings. The highest BCUT2D eigenvalue weighted by Crippen LogP contribution is 2.25. The minimum atomic E-state index is -0.857. The van der Waals surface area contributed by atoms with Crippen molar-refractivity contribution >= 4 is 40.8 Å². The molecule has 0 fully saturated rings. The summed E-state index contributed by atoms with van der Waals surface area (Å²) < 4.78 is 0. The van der Waals surface area contributed by atoms with E-state index in [2.05, 4.69) is 5.32 Å². The number of carbonyl (C=O) groups is 2. The Bertz CT molecular complexity index is 491. The Hall–Kier alpha value is -1.26. The predicted molar refractivity (Wildman–Crippen MR) is 80.4 cm³/mol. The number of carboxylic acids is 1. The quantitative estimate of drug-likeness (QED) is 0.791. The van der Waals surface area contributed by atoms with Crippen molar-refractivity contribution in [2.75, 3.05) is 5.32 Å². The Morgan fingerprint density at radius 2 is 2.00 bits per heavy atom. The van der Waals surface area contributed by atoms with Gasteiger partial charge >= 0.3 is 5.97 Å². The number of anilines is 1. The monoisotopic (exact) mass is 317 g/mol. The first-order valence-electron chi connectivity index (χ1n) is 6.41. The van der Waals surface area contributed by atoms with Gasteiger partial charge in [0.25, 0.3) is 0 Å². The first-order chi connectivity index (χ1) is 9.43. The Labute approximate surface area is 128 Å². The maximum atomic E-state index is 11.8. The third-order valence-electron chi connectivity index (χ3n) is 2.91. The van der Waals surface area contributed by atoms with Crippen LogP contribution < -0.4 is 5.32 Å². The second-order valence-electron chi connectivity index (χ2n) is 4.53. The fraction of sp³-hybridized carbons (Fsp3) is 0.429. The first-order valence-corrected chi connectivity index (χ1v) is 7.17. The van der Waals surface area contributed by atoms with Crippen LogP contribution >= 0.6 is 23.2 Å². The molecule has 6 heteroatoms. The fourth-order valence-electron chi connectivity index (χ4n) is 1.85. The molecular formula is C14H17Cl2NO3. The lowest BCUT2D eigenvalue weighted by atomic mass is 9.98. The van der Waals surface area contributed by atoms with Crippen LogP contribution in [0.3, 0.4) is 0 Å². The number of hydrogen-bond acceptors (Lipinski definition) is 2. The van der Waals surface area contributed by atoms with Crippen molar-refractivity contribution in [3.05, 3.63) is 28.2 Å². The Kier molecular flexibility index (Phi) is 6.82. The zero-order valence-corrected chi connectivity index (χ0v) is 12.7. The zero-order valence-electron chi connectivity index (χ0n) is 11.2. The molecule has 0 unspecified atom stereocenters. The summed E-state index contributed by atoms with van der Waals surface area (Å²) in [7, 11) is 0. The number of rotatable bonds is 7. The fourth-order valence-corrected chi connectivity index (χ4v) is 2.30. The van der Waals surface area contributed by atoms with Gasteiger partial charge in [0.15, 0.2) is 0 Å². The average Bonchev–Trinajstić information content (AvgIpc) is 2.37. The van der Waals surface area contributed by atoms with Crippen molar-refractivity contribution in [3.63, 3.8) is 0 Å². The molecule has 0 radical (unpaired) electrons. The number of benzene rings is 1. The van der Waals surface area contributed by atoms with Gasteiger partial charge in [-0.05, 0) is 31.0 Å². The highest BCUT2D eigenvalue weighted by Gasteiger charge is 2.18. The van der Waals surface area contributed by atoms with Crippen LogP contribution in [0.1, 0.15) is 32.6 Å². The minimum Gasteiger partial charge on any atom is -0.481 e. The number of halogens is 2. The van der Waals surface area contributed by atoms with E-state index in [0.717, 1.165) is 6.42 Å². The van der Waals surface area contributed by atoms with E-state index in [1.165, 1.54) is 6.07 Å². The molecule has 0 saturated heterocycles. The molecule has 2 N–H and O–H groups in total. The SMILES string of the molecule is CCC[C@@H](CCC(=O)Nc1ccc(Cl)cc1Cl)C(=O)O. The van der Waals surface area contributed by atoms with Crippen LogP contribution in [-0.2, 0) is 9.59 Å². The van der Waals surface area contributed by atoms with Crippen molar-refractivity contribution in [2.24, 2.45) is 5.92 Å². The molecule has 4 nitrogen and oxygen atoms in total. The minimum absolute atomic E-state index is 0.149. The number of amides is 1. The molecule has 0 heterocycles. The van der Waals surface area contributed by atoms with Gasteiger partial charge in [-0.3, -0.25) is 9.59 Å². The second kappa shape index (κ2) is 8.12. The largest absolute Gasteiger partial charge is 0.481 e. The lowest BCUT2D eigenvalue weighted by Gasteiger charge is -2.11. The van der Waals surface area contributed by atoms with E-state index in [-0.39, 0.29) is 12.3 Å². The van der Waals surface area contributed by atoms with E-state index in [0.29, 0.717) is 28.6 Å². The van der Waals surface area contributed by atoms with Gasteiger partial charge in [0, 0.05) is 11.4 Å². The maximum Gasteiger partial charge on any atom is 0.306 e. The van der Waals surface area contributed by atoms with Crippen LogP contribution in [0.15, 0.2) is 18.2 Å². The summed E-state index contributed by atoms with van der Waals surface area (Å²) in [6, 6.07) is 4.78. The number of carbonyl (C=O) groups excluding carboxylic acids is 1. The third kappa shape index (κ3) is 5.39. The van der Waals surface area contributed by atoms with E-state index in [1.54, 1.807) is 12.1 Å². The van der Waals surface area contributed by atoms with Gasteiger partial charge < -0.3 is 10.4 Å². The lowest BCUT2D eigenvalue weighted by Crippen LogP contribution is -2.18. The normalized spacial score (nSPS) is 11.9. The highest BCUT2D eigenvalue weighted by atomic mass is 35.5. The summed E-state index contributed by atoms with van der Waals surface area (Å²) in [6.07, 6.45) is 1.82. The highest BCUT2D eigenvalue weighted by molar-refractivity contribution is 6.36. The van der Waals surface area contributed by atoms with Gasteiger partial charge in [-0.2, -0.15) is 0 Å². The molecule has 1 rings (SSSR count). The average molecular weight is 318 g/mol. The van der Waals surface area contributed by atoms with Crippen LogP contribution in [0.25, 0.3) is 0 Å². The van der Waals surface area contributed by atoms with Gasteiger partial charge in [0.05, 0.1) is 16.6 Å². The number of aliphatic carboxylic acids is 1. The molecule has 1 aromatic carbocycles. The van der Waals surface area contributed by atoms with Gasteiger partial charge in [0.1, 0.15) is 0 Å². The third-order valence-corrected chi connectivity index (χ3v) is 3.46. The Balaban J connectivity index is 2.53. The first kappa shape index (κ1) is 16.8. The van der Waals surface area contributed by atoms with Crippen LogP contribution in [-0.4, -0.2) is 17.0 Å². The van der Waals surface area contributed by atoms with Gasteiger partial charge in [0.2, 0.25) is 5.91 Å². The van der Waals surface area contributed by atoms with Crippen molar-refractivity contribution < 1.29 is 14.7 Å². The second-order valence-corrected chi connectivity index (χ2v) is 5.38. The van der Waals surface area contributed by atoms with Crippen LogP contribution in [0.5, 0.6) is 0 Å². The van der Waals surface area contributed by atoms with Gasteiger partial charge in [-0.1, -0.05) is 36.5 Å². The summed E-state index contributed by atoms with van der Waals surface area (Å²) >= 11 is 11.7. The van der Waals surface area contributed by atoms with Crippen molar-refractivity contribution in [1.82, 2.24) is 0 Å². The molecule has 1 aromatic rings. The van der Waals surface area contributed by atoms with E-state index < -0.39 is 11.9 Å². The molecule has 110 valence electrons. The molecule has 0 spiro atoms. The van der Waals surface area contributed by atoms with E-state index >= 15 is 0 Å². The Morgan fingerprint density at radius 1 is 1.30 bits per heavy atom. The van der Waals surface area contributed by atoms with Crippen molar-refractivity contribution in [2.45, 2.75) is 32.6 Å². The number of nitrogens with one attached hydrogen (secondary N) is 1. The van der Waals surface area contributed by atoms with Crippen molar-refractivity contribution in [1.29, 1.82) is 0 Å². The molecule has 20 heavy (non-hydrogen) atoms. The Morgan fingerprint density at radius 3 is 2.55 bits per heavy atom. The number of hydrogen-bond donors (Lipinski definition) is 2. The molecule has 1 atom stereocenters. The lowest BCUT2D eigenvalue weighted by molar-refractivity contribution is -0.142. The molecule has 0 aromatic heterocycles. The van der Waals surface area contributed by atoms with Gasteiger partial charge in [-0.15, -0.1) is 0 Å². The van der Waals surface area contributed by atoms with Crippen LogP contribution in [0.2, 0.25) is 10.0 Å². The molecule has 0 bridgehead atoms. The zero-order chi connectivity index (χ0) is 15.1. The molecular weight excluding hydrogens is 301 g/mol. The molecule has 0 aliphatic carbocycles. The summed E-state index contributed by atoms with van der Waals surface area (Å²) in [5, 5.41) is 12.5. The van der Waals surface area contributed by atoms with Gasteiger partial charge in [-0.25, -0.2) is 0 Å². The summed E-state index contributed by atoms with van der Waals surface area (Å²) in [6.45, 7) is 1.92. The van der Waals surface area contributed by atoms with Crippen molar-refractivity contribution in [3.8, 4) is 0 Å². The van der Waals surface area contributed by atoms with Crippen LogP contribution in [0.4, 0.5) is 5.69 Å². The molecule has 0 aliphatic heterocycles. The number of carboxylic acid groups (broad SMARTS) is 1. The summed E-state index contributed by atoms with van der Waals surface area (Å²) in [5.41, 5.74) is 0.475. The molecule has 0 saturated carbocycles. The standard InChI is InChI=1S/C14H17Cl2NO3/c1-2-3-9(14(19)20)4-7-13(18)17-12-6-5-10(15)8-11(12)16/h5-6,8-9H,2-4,7H2,1H3,(H,17,18)(H,19,20)/t9-/m0/s1. The predicted octanol–water partition coefficient (Wildman–Crippen LogP) is 4.21. The molecule has 1 amide bonds. The topological polar surface area (TPSA) is 66.4 Å². The van der Waals surface area contributed by atoms with Crippen LogP contribution in [0, 0.1) is 5.92 Å². The van der Waals surface area contributed by atoms with E-state index in [1.807, 2.05) is 6.92 Å². The van der Waals surface area contributed by atoms with E-state index in [9.17, 15) is 9.59 Å². The maximum absolute atomic E-state index is 11.8. The van der Waals surface area contributed by atoms with E-state index in [4.69, 9.17) is 28.3 Å². The smallest absolute Gasteiger partial charge is 0.306 e. The summed E-state index contributed by atoms with van der Waals surface area (Å²) in [5.74, 6) is -1.59.